The van der Waals surface area contributed by atoms with Gasteiger partial charge in [0.15, 0.2) is 0 Å². The van der Waals surface area contributed by atoms with Gasteiger partial charge in [0.25, 0.3) is 0 Å². The number of carbonyl (C=O) groups is 2. The van der Waals surface area contributed by atoms with E-state index in [0.717, 1.165) is 0 Å². The summed E-state index contributed by atoms with van der Waals surface area (Å²) in [5.74, 6) is -2.28. The number of rotatable bonds is 7. The number of nitrogens with zero attached hydrogens (tertiary/aromatic N) is 1. The molecule has 0 fully saturated rings. The molecular formula is C8H15NO5. The first kappa shape index (κ1) is 12.9. The van der Waals surface area contributed by atoms with Gasteiger partial charge in [0.2, 0.25) is 0 Å². The normalized spacial score (nSPS) is 12.8. The molecule has 0 spiro atoms. The van der Waals surface area contributed by atoms with E-state index in [9.17, 15) is 9.59 Å². The Bertz CT molecular complexity index is 190. The van der Waals surface area contributed by atoms with E-state index >= 15 is 0 Å². The van der Waals surface area contributed by atoms with Crippen molar-refractivity contribution in [3.63, 3.8) is 0 Å². The van der Waals surface area contributed by atoms with Gasteiger partial charge in [-0.2, -0.15) is 0 Å². The highest BCUT2D eigenvalue weighted by molar-refractivity contribution is 5.72. The Morgan fingerprint density at radius 2 is 1.64 bits per heavy atom. The van der Waals surface area contributed by atoms with E-state index < -0.39 is 11.9 Å². The lowest BCUT2D eigenvalue weighted by atomic mass is 10.2. The van der Waals surface area contributed by atoms with Gasteiger partial charge in [-0.05, 0) is 5.92 Å². The largest absolute Gasteiger partial charge is 0.480 e. The molecule has 0 heterocycles. The highest BCUT2D eigenvalue weighted by Gasteiger charge is 2.15. The van der Waals surface area contributed by atoms with Crippen LogP contribution in [0.25, 0.3) is 0 Å². The van der Waals surface area contributed by atoms with Crippen molar-refractivity contribution in [2.24, 2.45) is 5.92 Å². The molecule has 14 heavy (non-hydrogen) atoms. The average molecular weight is 205 g/mol. The van der Waals surface area contributed by atoms with Crippen LogP contribution in [0.1, 0.15) is 6.92 Å². The van der Waals surface area contributed by atoms with E-state index in [4.69, 9.17) is 15.3 Å². The molecule has 0 aliphatic rings. The second kappa shape index (κ2) is 6.33. The Kier molecular flexibility index (Phi) is 5.82. The van der Waals surface area contributed by atoms with Crippen molar-refractivity contribution in [2.75, 3.05) is 26.2 Å². The van der Waals surface area contributed by atoms with E-state index in [2.05, 4.69) is 0 Å². The molecule has 0 aliphatic carbocycles. The molecule has 0 radical (unpaired) electrons. The average Bonchev–Trinajstić information content (AvgIpc) is 2.01. The fourth-order valence-corrected chi connectivity index (χ4v) is 1.07. The Hall–Kier alpha value is -1.14. The van der Waals surface area contributed by atoms with Gasteiger partial charge in [-0.15, -0.1) is 0 Å². The van der Waals surface area contributed by atoms with Gasteiger partial charge in [-0.1, -0.05) is 6.92 Å². The minimum atomic E-state index is -1.07. The molecule has 1 unspecified atom stereocenters. The van der Waals surface area contributed by atoms with Crippen LogP contribution in [0.4, 0.5) is 0 Å². The SMILES string of the molecule is CC(CO)CN(CC(=O)O)CC(=O)O. The maximum Gasteiger partial charge on any atom is 0.317 e. The molecule has 0 saturated heterocycles. The Balaban J connectivity index is 4.09. The first-order valence-electron chi connectivity index (χ1n) is 4.22. The number of aliphatic hydroxyl groups excluding tert-OH is 1. The third-order valence-corrected chi connectivity index (χ3v) is 1.60. The second-order valence-corrected chi connectivity index (χ2v) is 3.24. The number of aliphatic hydroxyl groups is 1. The zero-order valence-corrected chi connectivity index (χ0v) is 8.01. The fourth-order valence-electron chi connectivity index (χ4n) is 1.07. The van der Waals surface area contributed by atoms with E-state index in [1.54, 1.807) is 6.92 Å². The summed E-state index contributed by atoms with van der Waals surface area (Å²) in [6.07, 6.45) is 0. The molecule has 3 N–H and O–H groups in total. The lowest BCUT2D eigenvalue weighted by Crippen LogP contribution is -2.38. The van der Waals surface area contributed by atoms with Gasteiger partial charge in [-0.3, -0.25) is 14.5 Å². The topological polar surface area (TPSA) is 98.1 Å². The summed E-state index contributed by atoms with van der Waals surface area (Å²) in [4.78, 5) is 22.0. The third-order valence-electron chi connectivity index (χ3n) is 1.60. The van der Waals surface area contributed by atoms with Crippen LogP contribution in [-0.2, 0) is 9.59 Å². The van der Waals surface area contributed by atoms with Crippen LogP contribution in [0, 0.1) is 5.92 Å². The lowest BCUT2D eigenvalue weighted by Gasteiger charge is -2.20. The van der Waals surface area contributed by atoms with Crippen molar-refractivity contribution >= 4 is 11.9 Å². The molecule has 0 aromatic rings. The predicted molar refractivity (Wildman–Crippen MR) is 48.0 cm³/mol. The molecule has 0 saturated carbocycles. The molecule has 82 valence electrons. The van der Waals surface area contributed by atoms with Crippen LogP contribution in [0.5, 0.6) is 0 Å². The number of carboxylic acid groups (broad SMARTS) is 2. The Morgan fingerprint density at radius 1 is 1.21 bits per heavy atom. The zero-order chi connectivity index (χ0) is 11.1. The van der Waals surface area contributed by atoms with E-state index in [1.165, 1.54) is 4.90 Å². The minimum absolute atomic E-state index is 0.0876. The molecular weight excluding hydrogens is 190 g/mol. The standard InChI is InChI=1S/C8H15NO5/c1-6(5-10)2-9(3-7(11)12)4-8(13)14/h6,10H,2-5H2,1H3,(H,11,12)(H,13,14). The van der Waals surface area contributed by atoms with E-state index in [-0.39, 0.29) is 32.2 Å². The van der Waals surface area contributed by atoms with Crippen LogP contribution >= 0.6 is 0 Å². The quantitative estimate of drug-likeness (QED) is 0.497. The van der Waals surface area contributed by atoms with Gasteiger partial charge in [0.1, 0.15) is 0 Å². The first-order valence-corrected chi connectivity index (χ1v) is 4.22. The lowest BCUT2D eigenvalue weighted by molar-refractivity contribution is -0.142. The molecule has 6 nitrogen and oxygen atoms in total. The summed E-state index contributed by atoms with van der Waals surface area (Å²) in [6, 6.07) is 0. The van der Waals surface area contributed by atoms with Crippen molar-refractivity contribution < 1.29 is 24.9 Å². The van der Waals surface area contributed by atoms with Crippen molar-refractivity contribution in [1.82, 2.24) is 4.90 Å². The molecule has 6 heteroatoms. The van der Waals surface area contributed by atoms with Crippen molar-refractivity contribution in [3.05, 3.63) is 0 Å². The Labute approximate surface area is 81.8 Å². The summed E-state index contributed by atoms with van der Waals surface area (Å²) in [7, 11) is 0. The third kappa shape index (κ3) is 6.38. The summed E-state index contributed by atoms with van der Waals surface area (Å²) >= 11 is 0. The van der Waals surface area contributed by atoms with Gasteiger partial charge in [0.05, 0.1) is 13.1 Å². The summed E-state index contributed by atoms with van der Waals surface area (Å²) in [5.41, 5.74) is 0. The first-order chi connectivity index (χ1) is 6.45. The molecule has 0 bridgehead atoms. The maximum absolute atomic E-state index is 10.4. The molecule has 0 rings (SSSR count). The maximum atomic E-state index is 10.4. The fraction of sp³-hybridized carbons (Fsp3) is 0.750. The van der Waals surface area contributed by atoms with Gasteiger partial charge < -0.3 is 15.3 Å². The zero-order valence-electron chi connectivity index (χ0n) is 8.01. The van der Waals surface area contributed by atoms with E-state index in [1.807, 2.05) is 0 Å². The molecule has 0 aliphatic heterocycles. The predicted octanol–water partition coefficient (Wildman–Crippen LogP) is -0.914. The number of carboxylic acids is 2. The highest BCUT2D eigenvalue weighted by Crippen LogP contribution is 1.98. The number of hydrogen-bond donors (Lipinski definition) is 3. The van der Waals surface area contributed by atoms with Crippen molar-refractivity contribution in [3.8, 4) is 0 Å². The number of aliphatic carboxylic acids is 2. The van der Waals surface area contributed by atoms with Crippen LogP contribution < -0.4 is 0 Å². The van der Waals surface area contributed by atoms with Crippen LogP contribution in [0.15, 0.2) is 0 Å². The van der Waals surface area contributed by atoms with E-state index in [0.29, 0.717) is 0 Å². The highest BCUT2D eigenvalue weighted by atomic mass is 16.4. The van der Waals surface area contributed by atoms with Gasteiger partial charge >= 0.3 is 11.9 Å². The Morgan fingerprint density at radius 3 is 1.93 bits per heavy atom. The van der Waals surface area contributed by atoms with Gasteiger partial charge in [-0.25, -0.2) is 0 Å². The number of hydrogen-bond acceptors (Lipinski definition) is 4. The summed E-state index contributed by atoms with van der Waals surface area (Å²) < 4.78 is 0. The van der Waals surface area contributed by atoms with Crippen LogP contribution in [0.3, 0.4) is 0 Å². The molecule has 0 aromatic heterocycles. The monoisotopic (exact) mass is 205 g/mol. The molecule has 0 amide bonds. The summed E-state index contributed by atoms with van der Waals surface area (Å²) in [6.45, 7) is 1.24. The second-order valence-electron chi connectivity index (χ2n) is 3.24. The smallest absolute Gasteiger partial charge is 0.317 e. The minimum Gasteiger partial charge on any atom is -0.480 e. The van der Waals surface area contributed by atoms with Crippen LogP contribution in [-0.4, -0.2) is 58.4 Å². The van der Waals surface area contributed by atoms with Gasteiger partial charge in [0, 0.05) is 13.2 Å². The molecule has 0 aromatic carbocycles. The van der Waals surface area contributed by atoms with Crippen LogP contribution in [0.2, 0.25) is 0 Å². The van der Waals surface area contributed by atoms with Crippen molar-refractivity contribution in [2.45, 2.75) is 6.92 Å². The molecule has 1 atom stereocenters. The van der Waals surface area contributed by atoms with Crippen molar-refractivity contribution in [1.29, 1.82) is 0 Å². The summed E-state index contributed by atoms with van der Waals surface area (Å²) in [5, 5.41) is 25.7.